The number of carbonyl (C=O) groups is 1. The lowest BCUT2D eigenvalue weighted by molar-refractivity contribution is -0.116. The van der Waals surface area contributed by atoms with E-state index in [0.29, 0.717) is 41.4 Å². The second kappa shape index (κ2) is 9.62. The predicted octanol–water partition coefficient (Wildman–Crippen LogP) is 4.00. The van der Waals surface area contributed by atoms with E-state index < -0.39 is 0 Å². The summed E-state index contributed by atoms with van der Waals surface area (Å²) >= 11 is 1.45. The standard InChI is InChI=1S/C21H26N6O2S/c1-6-29-18-19(22-17-11-13(2)25-26-17)23-21(24-20(18)27(4)5)30-16-9-7-15(8-10-16)12-14(3)28/h7-11H,6,12H2,1-5H3,(H2,22,23,24,25,26). The molecule has 0 aliphatic rings. The number of carbonyl (C=O) groups excluding carboxylic acids is 1. The van der Waals surface area contributed by atoms with Crippen LogP contribution in [0.5, 0.6) is 5.75 Å². The molecular formula is C21H26N6O2S. The molecule has 0 bridgehead atoms. The van der Waals surface area contributed by atoms with Crippen molar-refractivity contribution in [2.45, 2.75) is 37.2 Å². The van der Waals surface area contributed by atoms with Crippen LogP contribution in [0, 0.1) is 6.92 Å². The van der Waals surface area contributed by atoms with Gasteiger partial charge in [0.25, 0.3) is 0 Å². The Morgan fingerprint density at radius 3 is 2.53 bits per heavy atom. The highest BCUT2D eigenvalue weighted by Gasteiger charge is 2.19. The van der Waals surface area contributed by atoms with E-state index in [1.807, 2.05) is 63.2 Å². The van der Waals surface area contributed by atoms with Gasteiger partial charge in [0.05, 0.1) is 6.61 Å². The van der Waals surface area contributed by atoms with Crippen LogP contribution in [-0.4, -0.2) is 46.7 Å². The Morgan fingerprint density at radius 2 is 1.97 bits per heavy atom. The average molecular weight is 427 g/mol. The van der Waals surface area contributed by atoms with Crippen molar-refractivity contribution in [1.29, 1.82) is 0 Å². The highest BCUT2D eigenvalue weighted by molar-refractivity contribution is 7.99. The molecule has 2 aromatic heterocycles. The number of aryl methyl sites for hydroxylation is 1. The van der Waals surface area contributed by atoms with Crippen molar-refractivity contribution in [3.05, 3.63) is 41.6 Å². The van der Waals surface area contributed by atoms with Crippen LogP contribution in [0.25, 0.3) is 0 Å². The first-order valence-electron chi connectivity index (χ1n) is 9.63. The summed E-state index contributed by atoms with van der Waals surface area (Å²) < 4.78 is 5.86. The van der Waals surface area contributed by atoms with E-state index in [4.69, 9.17) is 9.72 Å². The Bertz CT molecular complexity index is 1020. The number of anilines is 3. The summed E-state index contributed by atoms with van der Waals surface area (Å²) in [6, 6.07) is 9.76. The molecule has 0 saturated heterocycles. The number of aromatic nitrogens is 4. The monoisotopic (exact) mass is 426 g/mol. The molecule has 30 heavy (non-hydrogen) atoms. The van der Waals surface area contributed by atoms with Gasteiger partial charge in [0.15, 0.2) is 22.6 Å². The molecule has 0 saturated carbocycles. The molecule has 2 heterocycles. The molecule has 0 aliphatic heterocycles. The van der Waals surface area contributed by atoms with Gasteiger partial charge in [-0.15, -0.1) is 0 Å². The molecule has 8 nitrogen and oxygen atoms in total. The molecule has 0 aliphatic carbocycles. The quantitative estimate of drug-likeness (QED) is 0.496. The molecule has 2 N–H and O–H groups in total. The first kappa shape index (κ1) is 21.6. The van der Waals surface area contributed by atoms with E-state index in [0.717, 1.165) is 16.2 Å². The summed E-state index contributed by atoms with van der Waals surface area (Å²) in [6.07, 6.45) is 0.437. The van der Waals surface area contributed by atoms with Crippen molar-refractivity contribution < 1.29 is 9.53 Å². The molecule has 0 spiro atoms. The molecule has 0 fully saturated rings. The lowest BCUT2D eigenvalue weighted by Gasteiger charge is -2.19. The summed E-state index contributed by atoms with van der Waals surface area (Å²) in [7, 11) is 3.83. The number of hydrogen-bond acceptors (Lipinski definition) is 8. The van der Waals surface area contributed by atoms with E-state index in [1.54, 1.807) is 6.92 Å². The first-order chi connectivity index (χ1) is 14.4. The topological polar surface area (TPSA) is 96.0 Å². The van der Waals surface area contributed by atoms with Gasteiger partial charge < -0.3 is 15.0 Å². The van der Waals surface area contributed by atoms with Crippen LogP contribution in [0.3, 0.4) is 0 Å². The minimum absolute atomic E-state index is 0.144. The second-order valence-corrected chi connectivity index (χ2v) is 8.06. The number of nitrogens with zero attached hydrogens (tertiary/aromatic N) is 4. The Balaban J connectivity index is 1.94. The van der Waals surface area contributed by atoms with Gasteiger partial charge in [0, 0.05) is 37.2 Å². The fourth-order valence-corrected chi connectivity index (χ4v) is 3.55. The molecule has 9 heteroatoms. The summed E-state index contributed by atoms with van der Waals surface area (Å²) in [5, 5.41) is 11.0. The third kappa shape index (κ3) is 5.50. The van der Waals surface area contributed by atoms with Crippen molar-refractivity contribution in [3.63, 3.8) is 0 Å². The third-order valence-electron chi connectivity index (χ3n) is 4.08. The van der Waals surface area contributed by atoms with Gasteiger partial charge in [-0.25, -0.2) is 9.97 Å². The zero-order valence-electron chi connectivity index (χ0n) is 17.8. The lowest BCUT2D eigenvalue weighted by Crippen LogP contribution is -2.15. The second-order valence-electron chi connectivity index (χ2n) is 7.02. The maximum atomic E-state index is 11.3. The number of ether oxygens (including phenoxy) is 1. The Hall–Kier alpha value is -3.07. The lowest BCUT2D eigenvalue weighted by atomic mass is 10.1. The summed E-state index contributed by atoms with van der Waals surface area (Å²) in [4.78, 5) is 23.6. The van der Waals surface area contributed by atoms with E-state index in [2.05, 4.69) is 20.5 Å². The van der Waals surface area contributed by atoms with Gasteiger partial charge in [-0.2, -0.15) is 5.10 Å². The molecule has 0 atom stereocenters. The van der Waals surface area contributed by atoms with E-state index in [1.165, 1.54) is 11.8 Å². The van der Waals surface area contributed by atoms with Crippen LogP contribution in [0.1, 0.15) is 25.1 Å². The molecule has 3 rings (SSSR count). The van der Waals surface area contributed by atoms with Gasteiger partial charge in [0.2, 0.25) is 5.75 Å². The Morgan fingerprint density at radius 1 is 1.23 bits per heavy atom. The van der Waals surface area contributed by atoms with Crippen molar-refractivity contribution in [1.82, 2.24) is 20.2 Å². The van der Waals surface area contributed by atoms with Gasteiger partial charge in [-0.1, -0.05) is 12.1 Å². The van der Waals surface area contributed by atoms with Crippen LogP contribution in [-0.2, 0) is 11.2 Å². The smallest absolute Gasteiger partial charge is 0.205 e. The van der Waals surface area contributed by atoms with Gasteiger partial charge in [-0.05, 0) is 50.2 Å². The average Bonchev–Trinajstić information content (AvgIpc) is 3.09. The third-order valence-corrected chi connectivity index (χ3v) is 4.95. The highest BCUT2D eigenvalue weighted by Crippen LogP contribution is 2.37. The van der Waals surface area contributed by atoms with Gasteiger partial charge in [-0.3, -0.25) is 9.89 Å². The number of Topliss-reactive ketones (excluding diaryl/α,β-unsaturated/α-hetero) is 1. The zero-order valence-corrected chi connectivity index (χ0v) is 18.6. The summed E-state index contributed by atoms with van der Waals surface area (Å²) in [6.45, 7) is 5.94. The van der Waals surface area contributed by atoms with Crippen molar-refractivity contribution in [3.8, 4) is 5.75 Å². The fraction of sp³-hybridized carbons (Fsp3) is 0.333. The number of ketones is 1. The van der Waals surface area contributed by atoms with Crippen LogP contribution < -0.4 is 15.0 Å². The van der Waals surface area contributed by atoms with E-state index in [-0.39, 0.29) is 5.78 Å². The normalized spacial score (nSPS) is 10.7. The number of nitrogens with one attached hydrogen (secondary N) is 2. The maximum absolute atomic E-state index is 11.3. The molecule has 1 aromatic carbocycles. The van der Waals surface area contributed by atoms with Crippen LogP contribution in [0.2, 0.25) is 0 Å². The predicted molar refractivity (Wildman–Crippen MR) is 119 cm³/mol. The number of benzene rings is 1. The summed E-state index contributed by atoms with van der Waals surface area (Å²) in [5.74, 6) is 2.60. The first-order valence-corrected chi connectivity index (χ1v) is 10.4. The van der Waals surface area contributed by atoms with Crippen LogP contribution in [0.4, 0.5) is 17.5 Å². The van der Waals surface area contributed by atoms with Crippen molar-refractivity contribution in [2.24, 2.45) is 0 Å². The number of rotatable bonds is 9. The zero-order chi connectivity index (χ0) is 21.7. The maximum Gasteiger partial charge on any atom is 0.205 e. The molecule has 0 radical (unpaired) electrons. The van der Waals surface area contributed by atoms with Crippen LogP contribution >= 0.6 is 11.8 Å². The van der Waals surface area contributed by atoms with Crippen molar-refractivity contribution >= 4 is 35.0 Å². The minimum atomic E-state index is 0.144. The van der Waals surface area contributed by atoms with E-state index in [9.17, 15) is 4.79 Å². The van der Waals surface area contributed by atoms with Gasteiger partial charge in [0.1, 0.15) is 5.78 Å². The SMILES string of the molecule is CCOc1c(Nc2cc(C)[nH]n2)nc(Sc2ccc(CC(C)=O)cc2)nc1N(C)C. The molecule has 0 amide bonds. The molecule has 158 valence electrons. The minimum Gasteiger partial charge on any atom is -0.487 e. The molecular weight excluding hydrogens is 400 g/mol. The number of aromatic amines is 1. The Kier molecular flexibility index (Phi) is 6.94. The van der Waals surface area contributed by atoms with Crippen molar-refractivity contribution in [2.75, 3.05) is 30.9 Å². The molecule has 0 unspecified atom stereocenters. The fourth-order valence-electron chi connectivity index (χ4n) is 2.80. The largest absolute Gasteiger partial charge is 0.487 e. The highest BCUT2D eigenvalue weighted by atomic mass is 32.2. The Labute approximate surface area is 180 Å². The molecule has 3 aromatic rings. The number of H-pyrrole nitrogens is 1. The summed E-state index contributed by atoms with van der Waals surface area (Å²) in [5.41, 5.74) is 1.93. The van der Waals surface area contributed by atoms with Crippen LogP contribution in [0.15, 0.2) is 40.4 Å². The number of hydrogen-bond donors (Lipinski definition) is 2. The van der Waals surface area contributed by atoms with E-state index >= 15 is 0 Å². The van der Waals surface area contributed by atoms with Gasteiger partial charge >= 0.3 is 0 Å².